The van der Waals surface area contributed by atoms with Crippen LogP contribution in [0.4, 0.5) is 18.0 Å². The Labute approximate surface area is 73.7 Å². The third kappa shape index (κ3) is 11.0. The van der Waals surface area contributed by atoms with Gasteiger partial charge in [-0.25, -0.2) is 4.79 Å². The zero-order valence-electron chi connectivity index (χ0n) is 6.95. The monoisotopic (exact) mass is 199 g/mol. The number of nitrogens with one attached hydrogen (secondary N) is 2. The highest BCUT2D eigenvalue weighted by atomic mass is 19.4. The zero-order valence-corrected chi connectivity index (χ0v) is 6.95. The summed E-state index contributed by atoms with van der Waals surface area (Å²) >= 11 is 0. The first-order chi connectivity index (χ1) is 5.92. The number of halogens is 3. The molecule has 0 radical (unpaired) electrons. The van der Waals surface area contributed by atoms with Gasteiger partial charge < -0.3 is 16.4 Å². The molecule has 0 atom stereocenters. The Morgan fingerprint density at radius 3 is 2.31 bits per heavy atom. The van der Waals surface area contributed by atoms with Gasteiger partial charge in [-0.3, -0.25) is 0 Å². The number of alkyl halides is 3. The van der Waals surface area contributed by atoms with Crippen molar-refractivity contribution in [2.75, 3.05) is 19.6 Å². The van der Waals surface area contributed by atoms with Crippen LogP contribution in [0.3, 0.4) is 0 Å². The summed E-state index contributed by atoms with van der Waals surface area (Å²) in [4.78, 5) is 10.1. The van der Waals surface area contributed by atoms with Crippen LogP contribution in [0.1, 0.15) is 6.42 Å². The Morgan fingerprint density at radius 2 is 1.85 bits per heavy atom. The van der Waals surface area contributed by atoms with Crippen LogP contribution in [0.2, 0.25) is 0 Å². The molecular formula is C6H12F3N3O. The fourth-order valence-corrected chi connectivity index (χ4v) is 0.629. The maximum Gasteiger partial charge on any atom is 0.390 e. The summed E-state index contributed by atoms with van der Waals surface area (Å²) in [5, 5.41) is 4.75. The van der Waals surface area contributed by atoms with Crippen molar-refractivity contribution >= 4 is 6.03 Å². The van der Waals surface area contributed by atoms with Crippen molar-refractivity contribution in [1.82, 2.24) is 10.6 Å². The van der Waals surface area contributed by atoms with Crippen LogP contribution in [0.5, 0.6) is 0 Å². The Hall–Kier alpha value is -0.980. The number of carbonyl (C=O) groups excluding carboxylic acids is 1. The van der Waals surface area contributed by atoms with E-state index in [9.17, 15) is 18.0 Å². The first kappa shape index (κ1) is 12.0. The van der Waals surface area contributed by atoms with Crippen molar-refractivity contribution in [3.63, 3.8) is 0 Å². The summed E-state index contributed by atoms with van der Waals surface area (Å²) in [7, 11) is 0. The number of rotatable bonds is 5. The Balaban J connectivity index is 3.13. The summed E-state index contributed by atoms with van der Waals surface area (Å²) < 4.78 is 34.7. The minimum atomic E-state index is -4.13. The van der Waals surface area contributed by atoms with Crippen LogP contribution in [0.25, 0.3) is 0 Å². The number of urea groups is 1. The van der Waals surface area contributed by atoms with Gasteiger partial charge in [-0.05, 0) is 0 Å². The maximum atomic E-state index is 11.6. The minimum absolute atomic E-state index is 0.149. The molecule has 0 unspecified atom stereocenters. The van der Waals surface area contributed by atoms with Gasteiger partial charge in [-0.1, -0.05) is 0 Å². The van der Waals surface area contributed by atoms with Crippen molar-refractivity contribution in [2.45, 2.75) is 12.6 Å². The largest absolute Gasteiger partial charge is 0.390 e. The Bertz CT molecular complexity index is 160. The summed E-state index contributed by atoms with van der Waals surface area (Å²) in [6.45, 7) is 0.357. The molecule has 0 aromatic carbocycles. The van der Waals surface area contributed by atoms with Gasteiger partial charge >= 0.3 is 12.2 Å². The van der Waals surface area contributed by atoms with Crippen LogP contribution in [0, 0.1) is 0 Å². The fourth-order valence-electron chi connectivity index (χ4n) is 0.629. The van der Waals surface area contributed by atoms with E-state index in [2.05, 4.69) is 10.6 Å². The van der Waals surface area contributed by atoms with Gasteiger partial charge in [0.15, 0.2) is 0 Å². The van der Waals surface area contributed by atoms with Crippen molar-refractivity contribution in [3.05, 3.63) is 0 Å². The summed E-state index contributed by atoms with van der Waals surface area (Å²) in [6.07, 6.45) is -5.01. The van der Waals surface area contributed by atoms with E-state index in [-0.39, 0.29) is 19.6 Å². The fraction of sp³-hybridized carbons (Fsp3) is 0.833. The topological polar surface area (TPSA) is 67.2 Å². The maximum absolute atomic E-state index is 11.6. The molecule has 0 fully saturated rings. The van der Waals surface area contributed by atoms with E-state index in [0.29, 0.717) is 0 Å². The van der Waals surface area contributed by atoms with Crippen LogP contribution in [-0.4, -0.2) is 31.8 Å². The normalized spacial score (nSPS) is 11.3. The second-order valence-corrected chi connectivity index (χ2v) is 2.41. The molecule has 0 bridgehead atoms. The highest BCUT2D eigenvalue weighted by Gasteiger charge is 2.25. The average molecular weight is 199 g/mol. The third-order valence-corrected chi connectivity index (χ3v) is 1.19. The smallest absolute Gasteiger partial charge is 0.352 e. The molecule has 78 valence electrons. The standard InChI is InChI=1S/C6H12F3N3O/c7-6(8,9)1-2-11-3-4-12-5(10)13/h11H,1-4H2,(H3,10,12,13). The summed E-state index contributed by atoms with van der Waals surface area (Å²) in [5.41, 5.74) is 4.72. The van der Waals surface area contributed by atoms with Gasteiger partial charge in [-0.15, -0.1) is 0 Å². The molecule has 0 spiro atoms. The molecule has 0 aromatic heterocycles. The SMILES string of the molecule is NC(=O)NCCNCCC(F)(F)F. The van der Waals surface area contributed by atoms with E-state index in [1.807, 2.05) is 0 Å². The van der Waals surface area contributed by atoms with E-state index in [1.165, 1.54) is 0 Å². The van der Waals surface area contributed by atoms with Gasteiger partial charge in [0.1, 0.15) is 0 Å². The van der Waals surface area contributed by atoms with Crippen molar-refractivity contribution in [2.24, 2.45) is 5.73 Å². The van der Waals surface area contributed by atoms with Gasteiger partial charge in [0.25, 0.3) is 0 Å². The number of primary amides is 1. The van der Waals surface area contributed by atoms with Gasteiger partial charge in [0, 0.05) is 19.6 Å². The van der Waals surface area contributed by atoms with E-state index in [1.54, 1.807) is 0 Å². The van der Waals surface area contributed by atoms with Crippen LogP contribution in [-0.2, 0) is 0 Å². The van der Waals surface area contributed by atoms with E-state index in [0.717, 1.165) is 0 Å². The molecule has 0 aromatic rings. The van der Waals surface area contributed by atoms with Gasteiger partial charge in [0.2, 0.25) is 0 Å². The molecule has 0 heterocycles. The number of hydrogen-bond donors (Lipinski definition) is 3. The quantitative estimate of drug-likeness (QED) is 0.553. The van der Waals surface area contributed by atoms with Crippen LogP contribution < -0.4 is 16.4 Å². The Morgan fingerprint density at radius 1 is 1.23 bits per heavy atom. The van der Waals surface area contributed by atoms with Gasteiger partial charge in [-0.2, -0.15) is 13.2 Å². The molecule has 0 aliphatic rings. The molecular weight excluding hydrogens is 187 g/mol. The van der Waals surface area contributed by atoms with E-state index in [4.69, 9.17) is 5.73 Å². The number of nitrogens with two attached hydrogens (primary N) is 1. The molecule has 0 saturated heterocycles. The lowest BCUT2D eigenvalue weighted by molar-refractivity contribution is -0.133. The predicted octanol–water partition coefficient (Wildman–Crippen LogP) is 0.197. The lowest BCUT2D eigenvalue weighted by Gasteiger charge is -2.07. The second kappa shape index (κ2) is 5.63. The Kier molecular flexibility index (Phi) is 5.20. The molecule has 7 heteroatoms. The van der Waals surface area contributed by atoms with Crippen LogP contribution in [0.15, 0.2) is 0 Å². The molecule has 13 heavy (non-hydrogen) atoms. The molecule has 0 saturated carbocycles. The molecule has 0 aliphatic heterocycles. The first-order valence-corrected chi connectivity index (χ1v) is 3.72. The summed E-state index contributed by atoms with van der Waals surface area (Å²) in [5.74, 6) is 0. The number of amides is 2. The van der Waals surface area contributed by atoms with E-state index < -0.39 is 18.6 Å². The molecule has 4 N–H and O–H groups in total. The molecule has 2 amide bonds. The summed E-state index contributed by atoms with van der Waals surface area (Å²) in [6, 6.07) is -0.683. The van der Waals surface area contributed by atoms with Crippen molar-refractivity contribution < 1.29 is 18.0 Å². The van der Waals surface area contributed by atoms with Crippen molar-refractivity contribution in [3.8, 4) is 0 Å². The third-order valence-electron chi connectivity index (χ3n) is 1.19. The van der Waals surface area contributed by atoms with Crippen molar-refractivity contribution in [1.29, 1.82) is 0 Å². The van der Waals surface area contributed by atoms with E-state index >= 15 is 0 Å². The zero-order chi connectivity index (χ0) is 10.3. The first-order valence-electron chi connectivity index (χ1n) is 3.72. The lowest BCUT2D eigenvalue weighted by atomic mass is 10.4. The molecule has 0 rings (SSSR count). The number of carbonyl (C=O) groups is 1. The average Bonchev–Trinajstić information content (AvgIpc) is 1.93. The molecule has 4 nitrogen and oxygen atoms in total. The predicted molar refractivity (Wildman–Crippen MR) is 41.1 cm³/mol. The second-order valence-electron chi connectivity index (χ2n) is 2.41. The van der Waals surface area contributed by atoms with Crippen LogP contribution >= 0.6 is 0 Å². The highest BCUT2D eigenvalue weighted by Crippen LogP contribution is 2.17. The minimum Gasteiger partial charge on any atom is -0.352 e. The number of hydrogen-bond acceptors (Lipinski definition) is 2. The highest BCUT2D eigenvalue weighted by molar-refractivity contribution is 5.71. The van der Waals surface area contributed by atoms with Gasteiger partial charge in [0.05, 0.1) is 6.42 Å². The lowest BCUT2D eigenvalue weighted by Crippen LogP contribution is -2.36. The molecule has 0 aliphatic carbocycles.